The Labute approximate surface area is 127 Å². The predicted molar refractivity (Wildman–Crippen MR) is 82.3 cm³/mol. The van der Waals surface area contributed by atoms with Crippen molar-refractivity contribution in [2.75, 3.05) is 25.9 Å². The topological polar surface area (TPSA) is 53.5 Å². The van der Waals surface area contributed by atoms with E-state index in [0.29, 0.717) is 6.54 Å². The molecule has 0 radical (unpaired) electrons. The lowest BCUT2D eigenvalue weighted by molar-refractivity contribution is 0.0841. The Bertz CT molecular complexity index is 590. The van der Waals surface area contributed by atoms with E-state index >= 15 is 0 Å². The zero-order valence-electron chi connectivity index (χ0n) is 12.5. The molecule has 0 saturated carbocycles. The maximum atomic E-state index is 12.1. The smallest absolute Gasteiger partial charge is 0.211 e. The van der Waals surface area contributed by atoms with Gasteiger partial charge in [0.1, 0.15) is 0 Å². The number of sulfonamides is 1. The fourth-order valence-electron chi connectivity index (χ4n) is 3.93. The van der Waals surface area contributed by atoms with Gasteiger partial charge < -0.3 is 0 Å². The van der Waals surface area contributed by atoms with Gasteiger partial charge in [-0.2, -0.15) is 4.31 Å². The Morgan fingerprint density at radius 1 is 1.19 bits per heavy atom. The molecule has 1 spiro atoms. The van der Waals surface area contributed by atoms with E-state index in [0.717, 1.165) is 45.3 Å². The van der Waals surface area contributed by atoms with Gasteiger partial charge >= 0.3 is 0 Å². The number of rotatable bonds is 3. The molecule has 0 N–H and O–H groups in total. The highest BCUT2D eigenvalue weighted by molar-refractivity contribution is 7.88. The molecule has 0 aliphatic carbocycles. The first kappa shape index (κ1) is 14.9. The van der Waals surface area contributed by atoms with Crippen LogP contribution in [0.3, 0.4) is 0 Å². The lowest BCUT2D eigenvalue weighted by Crippen LogP contribution is -2.56. The van der Waals surface area contributed by atoms with Crippen LogP contribution in [0.1, 0.15) is 31.2 Å². The third kappa shape index (κ3) is 3.12. The molecule has 2 fully saturated rings. The molecule has 1 atom stereocenters. The SMILES string of the molecule is CS(=O)(=O)N1CCCC12CCCN(Cc1ccncc1)C2. The summed E-state index contributed by atoms with van der Waals surface area (Å²) in [6, 6.07) is 4.06. The van der Waals surface area contributed by atoms with Crippen molar-refractivity contribution in [3.05, 3.63) is 30.1 Å². The quantitative estimate of drug-likeness (QED) is 0.848. The van der Waals surface area contributed by atoms with E-state index in [-0.39, 0.29) is 5.54 Å². The van der Waals surface area contributed by atoms with Crippen LogP contribution in [-0.2, 0) is 16.6 Å². The third-order valence-corrected chi connectivity index (χ3v) is 6.09. The molecule has 0 amide bonds. The van der Waals surface area contributed by atoms with E-state index in [1.54, 1.807) is 4.31 Å². The van der Waals surface area contributed by atoms with E-state index in [1.807, 2.05) is 24.5 Å². The molecule has 3 heterocycles. The summed E-state index contributed by atoms with van der Waals surface area (Å²) in [6.45, 7) is 3.45. The summed E-state index contributed by atoms with van der Waals surface area (Å²) in [5.41, 5.74) is 1.07. The Morgan fingerprint density at radius 2 is 1.86 bits per heavy atom. The van der Waals surface area contributed by atoms with Crippen LogP contribution in [0.4, 0.5) is 0 Å². The van der Waals surface area contributed by atoms with Crippen LogP contribution in [0, 0.1) is 0 Å². The van der Waals surface area contributed by atoms with Gasteiger partial charge in [-0.25, -0.2) is 8.42 Å². The largest absolute Gasteiger partial charge is 0.297 e. The van der Waals surface area contributed by atoms with Gasteiger partial charge in [0, 0.05) is 37.6 Å². The molecule has 2 aliphatic rings. The Kier molecular flexibility index (Phi) is 4.03. The molecule has 5 nitrogen and oxygen atoms in total. The van der Waals surface area contributed by atoms with Crippen molar-refractivity contribution >= 4 is 10.0 Å². The number of hydrogen-bond acceptors (Lipinski definition) is 4. The maximum absolute atomic E-state index is 12.1. The third-order valence-electron chi connectivity index (χ3n) is 4.72. The molecular weight excluding hydrogens is 286 g/mol. The van der Waals surface area contributed by atoms with Crippen LogP contribution in [0.25, 0.3) is 0 Å². The van der Waals surface area contributed by atoms with Crippen LogP contribution in [0.2, 0.25) is 0 Å². The van der Waals surface area contributed by atoms with Crippen LogP contribution in [0.5, 0.6) is 0 Å². The zero-order chi connectivity index (χ0) is 14.9. The minimum Gasteiger partial charge on any atom is -0.297 e. The Morgan fingerprint density at radius 3 is 2.52 bits per heavy atom. The first-order chi connectivity index (χ1) is 10.00. The van der Waals surface area contributed by atoms with E-state index in [4.69, 9.17) is 0 Å². The van der Waals surface area contributed by atoms with Crippen LogP contribution < -0.4 is 0 Å². The van der Waals surface area contributed by atoms with Crippen molar-refractivity contribution < 1.29 is 8.42 Å². The number of hydrogen-bond donors (Lipinski definition) is 0. The monoisotopic (exact) mass is 309 g/mol. The highest BCUT2D eigenvalue weighted by Gasteiger charge is 2.47. The average Bonchev–Trinajstić information content (AvgIpc) is 2.83. The normalized spacial score (nSPS) is 28.2. The maximum Gasteiger partial charge on any atom is 0.211 e. The lowest BCUT2D eigenvalue weighted by Gasteiger charge is -2.45. The molecule has 116 valence electrons. The molecule has 0 aromatic carbocycles. The fraction of sp³-hybridized carbons (Fsp3) is 0.667. The van der Waals surface area contributed by atoms with Gasteiger partial charge in [0.25, 0.3) is 0 Å². The Hall–Kier alpha value is -0.980. The summed E-state index contributed by atoms with van der Waals surface area (Å²) >= 11 is 0. The molecule has 0 bridgehead atoms. The molecule has 2 saturated heterocycles. The van der Waals surface area contributed by atoms with E-state index in [1.165, 1.54) is 11.8 Å². The van der Waals surface area contributed by atoms with Gasteiger partial charge in [-0.05, 0) is 49.9 Å². The number of pyridine rings is 1. The van der Waals surface area contributed by atoms with Gasteiger partial charge in [0.15, 0.2) is 0 Å². The molecular formula is C15H23N3O2S. The summed E-state index contributed by atoms with van der Waals surface area (Å²) < 4.78 is 25.9. The van der Waals surface area contributed by atoms with Gasteiger partial charge in [-0.15, -0.1) is 0 Å². The number of nitrogens with zero attached hydrogens (tertiary/aromatic N) is 3. The number of aromatic nitrogens is 1. The second kappa shape index (κ2) is 5.66. The molecule has 3 rings (SSSR count). The molecule has 1 aromatic heterocycles. The first-order valence-electron chi connectivity index (χ1n) is 7.59. The highest BCUT2D eigenvalue weighted by atomic mass is 32.2. The first-order valence-corrected chi connectivity index (χ1v) is 9.44. The van der Waals surface area contributed by atoms with Crippen molar-refractivity contribution in [3.8, 4) is 0 Å². The van der Waals surface area contributed by atoms with Crippen molar-refractivity contribution in [1.82, 2.24) is 14.2 Å². The van der Waals surface area contributed by atoms with Crippen molar-refractivity contribution in [1.29, 1.82) is 0 Å². The van der Waals surface area contributed by atoms with E-state index in [9.17, 15) is 8.42 Å². The van der Waals surface area contributed by atoms with Crippen LogP contribution in [-0.4, -0.2) is 54.0 Å². The van der Waals surface area contributed by atoms with E-state index in [2.05, 4.69) is 9.88 Å². The minimum absolute atomic E-state index is 0.168. The highest BCUT2D eigenvalue weighted by Crippen LogP contribution is 2.39. The van der Waals surface area contributed by atoms with Gasteiger partial charge in [-0.3, -0.25) is 9.88 Å². The average molecular weight is 309 g/mol. The molecule has 21 heavy (non-hydrogen) atoms. The van der Waals surface area contributed by atoms with Gasteiger partial charge in [0.05, 0.1) is 6.26 Å². The number of likely N-dealkylation sites (tertiary alicyclic amines) is 1. The van der Waals surface area contributed by atoms with Crippen molar-refractivity contribution in [2.45, 2.75) is 37.8 Å². The predicted octanol–water partition coefficient (Wildman–Crippen LogP) is 1.47. The number of piperidine rings is 1. The van der Waals surface area contributed by atoms with Crippen molar-refractivity contribution in [3.63, 3.8) is 0 Å². The van der Waals surface area contributed by atoms with E-state index < -0.39 is 10.0 Å². The van der Waals surface area contributed by atoms with Crippen LogP contribution >= 0.6 is 0 Å². The standard InChI is InChI=1S/C15H23N3O2S/c1-21(19,20)18-11-3-7-15(18)6-2-10-17(13-15)12-14-4-8-16-9-5-14/h4-5,8-9H,2-3,6-7,10-13H2,1H3. The summed E-state index contributed by atoms with van der Waals surface area (Å²) in [6.07, 6.45) is 9.01. The summed E-state index contributed by atoms with van der Waals surface area (Å²) in [7, 11) is -3.11. The minimum atomic E-state index is -3.11. The summed E-state index contributed by atoms with van der Waals surface area (Å²) in [5.74, 6) is 0. The zero-order valence-corrected chi connectivity index (χ0v) is 13.3. The molecule has 6 heteroatoms. The van der Waals surface area contributed by atoms with Gasteiger partial charge in [0.2, 0.25) is 10.0 Å². The fourth-order valence-corrected chi connectivity index (χ4v) is 5.33. The lowest BCUT2D eigenvalue weighted by atomic mass is 9.87. The Balaban J connectivity index is 1.76. The molecule has 2 aliphatic heterocycles. The second-order valence-corrected chi connectivity index (χ2v) is 8.24. The second-order valence-electron chi connectivity index (χ2n) is 6.33. The summed E-state index contributed by atoms with van der Waals surface area (Å²) in [4.78, 5) is 6.44. The summed E-state index contributed by atoms with van der Waals surface area (Å²) in [5, 5.41) is 0. The molecule has 1 aromatic rings. The van der Waals surface area contributed by atoms with Crippen molar-refractivity contribution in [2.24, 2.45) is 0 Å². The van der Waals surface area contributed by atoms with Crippen LogP contribution in [0.15, 0.2) is 24.5 Å². The van der Waals surface area contributed by atoms with Gasteiger partial charge in [-0.1, -0.05) is 0 Å². The molecule has 1 unspecified atom stereocenters.